The van der Waals surface area contributed by atoms with Gasteiger partial charge in [-0.15, -0.1) is 5.10 Å². The molecule has 4 nitrogen and oxygen atoms in total. The van der Waals surface area contributed by atoms with Crippen molar-refractivity contribution in [3.8, 4) is 5.69 Å². The van der Waals surface area contributed by atoms with Gasteiger partial charge in [-0.25, -0.2) is 4.68 Å². The lowest BCUT2D eigenvalue weighted by Gasteiger charge is -2.19. The van der Waals surface area contributed by atoms with Gasteiger partial charge in [0.1, 0.15) is 0 Å². The predicted octanol–water partition coefficient (Wildman–Crippen LogP) is 2.67. The van der Waals surface area contributed by atoms with Gasteiger partial charge in [0.15, 0.2) is 0 Å². The average Bonchev–Trinajstić information content (AvgIpc) is 2.83. The van der Waals surface area contributed by atoms with Crippen LogP contribution in [0.1, 0.15) is 39.0 Å². The normalized spacial score (nSPS) is 11.8. The monoisotopic (exact) mass is 258 g/mol. The summed E-state index contributed by atoms with van der Waals surface area (Å²) in [4.78, 5) is 0. The van der Waals surface area contributed by atoms with Gasteiger partial charge in [-0.3, -0.25) is 0 Å². The Balaban J connectivity index is 2.25. The van der Waals surface area contributed by atoms with Crippen molar-refractivity contribution in [1.29, 1.82) is 0 Å². The van der Waals surface area contributed by atoms with E-state index in [9.17, 15) is 0 Å². The molecule has 102 valence electrons. The fourth-order valence-electron chi connectivity index (χ4n) is 1.95. The van der Waals surface area contributed by atoms with Gasteiger partial charge in [0.25, 0.3) is 0 Å². The van der Waals surface area contributed by atoms with Gasteiger partial charge in [0.05, 0.1) is 17.6 Å². The highest BCUT2D eigenvalue weighted by Gasteiger charge is 2.13. The van der Waals surface area contributed by atoms with Gasteiger partial charge >= 0.3 is 0 Å². The first-order valence-corrected chi connectivity index (χ1v) is 6.73. The van der Waals surface area contributed by atoms with E-state index in [-0.39, 0.29) is 5.41 Å². The second-order valence-corrected chi connectivity index (χ2v) is 5.71. The third-order valence-electron chi connectivity index (χ3n) is 3.15. The number of nitrogens with zero attached hydrogens (tertiary/aromatic N) is 3. The van der Waals surface area contributed by atoms with Gasteiger partial charge in [-0.1, -0.05) is 45.0 Å². The predicted molar refractivity (Wildman–Crippen MR) is 77.4 cm³/mol. The number of rotatable bonds is 4. The third kappa shape index (κ3) is 3.20. The summed E-state index contributed by atoms with van der Waals surface area (Å²) in [6.07, 6.45) is 1.81. The molecular weight excluding hydrogens is 236 g/mol. The summed E-state index contributed by atoms with van der Waals surface area (Å²) >= 11 is 0. The molecule has 0 bridgehead atoms. The fraction of sp³-hybridized carbons (Fsp3) is 0.467. The number of benzene rings is 1. The number of hydrogen-bond acceptors (Lipinski definition) is 3. The lowest BCUT2D eigenvalue weighted by atomic mass is 9.87. The largest absolute Gasteiger partial charge is 0.311 e. The Hall–Kier alpha value is -1.68. The molecule has 1 aromatic heterocycles. The second kappa shape index (κ2) is 5.53. The Bertz CT molecular complexity index is 520. The van der Waals surface area contributed by atoms with Gasteiger partial charge in [0, 0.05) is 6.54 Å². The molecule has 0 unspecified atom stereocenters. The SMILES string of the molecule is CCNCc1cnnn1-c1ccc(C(C)(C)C)cc1. The second-order valence-electron chi connectivity index (χ2n) is 5.71. The molecular formula is C15H22N4. The zero-order valence-electron chi connectivity index (χ0n) is 12.1. The maximum absolute atomic E-state index is 4.16. The molecule has 0 fully saturated rings. The Morgan fingerprint density at radius 2 is 1.84 bits per heavy atom. The van der Waals surface area contributed by atoms with Crippen molar-refractivity contribution in [2.24, 2.45) is 0 Å². The van der Waals surface area contributed by atoms with Crippen LogP contribution in [0.25, 0.3) is 5.69 Å². The molecule has 4 heteroatoms. The Labute approximate surface area is 114 Å². The van der Waals surface area contributed by atoms with E-state index in [4.69, 9.17) is 0 Å². The fourth-order valence-corrected chi connectivity index (χ4v) is 1.95. The molecule has 0 aliphatic heterocycles. The summed E-state index contributed by atoms with van der Waals surface area (Å²) in [5, 5.41) is 11.4. The van der Waals surface area contributed by atoms with E-state index in [1.165, 1.54) is 5.56 Å². The molecule has 0 spiro atoms. The van der Waals surface area contributed by atoms with Gasteiger partial charge in [-0.2, -0.15) is 0 Å². The highest BCUT2D eigenvalue weighted by molar-refractivity contribution is 5.37. The summed E-state index contributed by atoms with van der Waals surface area (Å²) in [7, 11) is 0. The molecule has 0 aliphatic rings. The minimum absolute atomic E-state index is 0.174. The molecule has 0 saturated carbocycles. The minimum atomic E-state index is 0.174. The topological polar surface area (TPSA) is 42.7 Å². The first kappa shape index (κ1) is 13.7. The first-order chi connectivity index (χ1) is 9.02. The summed E-state index contributed by atoms with van der Waals surface area (Å²) in [6, 6.07) is 8.53. The maximum atomic E-state index is 4.16. The van der Waals surface area contributed by atoms with E-state index in [1.54, 1.807) is 6.20 Å². The summed E-state index contributed by atoms with van der Waals surface area (Å²) in [6.45, 7) is 10.5. The van der Waals surface area contributed by atoms with Gasteiger partial charge in [0.2, 0.25) is 0 Å². The van der Waals surface area contributed by atoms with Crippen molar-refractivity contribution < 1.29 is 0 Å². The van der Waals surface area contributed by atoms with Crippen molar-refractivity contribution in [3.63, 3.8) is 0 Å². The molecule has 0 saturated heterocycles. The van der Waals surface area contributed by atoms with Crippen molar-refractivity contribution >= 4 is 0 Å². The summed E-state index contributed by atoms with van der Waals surface area (Å²) in [5.41, 5.74) is 3.63. The van der Waals surface area contributed by atoms with Crippen LogP contribution < -0.4 is 5.32 Å². The molecule has 19 heavy (non-hydrogen) atoms. The summed E-state index contributed by atoms with van der Waals surface area (Å²) in [5.74, 6) is 0. The summed E-state index contributed by atoms with van der Waals surface area (Å²) < 4.78 is 1.88. The van der Waals surface area contributed by atoms with Crippen molar-refractivity contribution in [2.45, 2.75) is 39.7 Å². The molecule has 1 heterocycles. The van der Waals surface area contributed by atoms with E-state index in [0.29, 0.717) is 0 Å². The van der Waals surface area contributed by atoms with E-state index in [0.717, 1.165) is 24.5 Å². The molecule has 0 aliphatic carbocycles. The molecule has 0 radical (unpaired) electrons. The van der Waals surface area contributed by atoms with Crippen LogP contribution in [0.2, 0.25) is 0 Å². The Morgan fingerprint density at radius 3 is 2.42 bits per heavy atom. The average molecular weight is 258 g/mol. The van der Waals surface area contributed by atoms with E-state index < -0.39 is 0 Å². The highest BCUT2D eigenvalue weighted by atomic mass is 15.4. The van der Waals surface area contributed by atoms with Crippen LogP contribution in [0, 0.1) is 0 Å². The molecule has 0 atom stereocenters. The Kier molecular flexibility index (Phi) is 4.00. The molecule has 1 aromatic carbocycles. The number of hydrogen-bond donors (Lipinski definition) is 1. The maximum Gasteiger partial charge on any atom is 0.0783 e. The molecule has 1 N–H and O–H groups in total. The van der Waals surface area contributed by atoms with Crippen LogP contribution in [0.15, 0.2) is 30.5 Å². The van der Waals surface area contributed by atoms with E-state index >= 15 is 0 Å². The Morgan fingerprint density at radius 1 is 1.16 bits per heavy atom. The van der Waals surface area contributed by atoms with Crippen molar-refractivity contribution in [1.82, 2.24) is 20.3 Å². The zero-order valence-corrected chi connectivity index (χ0v) is 12.1. The van der Waals surface area contributed by atoms with Gasteiger partial charge < -0.3 is 5.32 Å². The minimum Gasteiger partial charge on any atom is -0.311 e. The molecule has 0 amide bonds. The number of aromatic nitrogens is 3. The van der Waals surface area contributed by atoms with Crippen LogP contribution >= 0.6 is 0 Å². The number of nitrogens with one attached hydrogen (secondary N) is 1. The highest BCUT2D eigenvalue weighted by Crippen LogP contribution is 2.23. The van der Waals surface area contributed by atoms with Crippen LogP contribution in [0.4, 0.5) is 0 Å². The van der Waals surface area contributed by atoms with Crippen molar-refractivity contribution in [3.05, 3.63) is 41.7 Å². The first-order valence-electron chi connectivity index (χ1n) is 6.73. The lowest BCUT2D eigenvalue weighted by Crippen LogP contribution is -2.15. The standard InChI is InChI=1S/C15H22N4/c1-5-16-10-14-11-17-18-19(14)13-8-6-12(7-9-13)15(2,3)4/h6-9,11,16H,5,10H2,1-4H3. The molecule has 2 aromatic rings. The van der Waals surface area contributed by atoms with Crippen LogP contribution in [-0.2, 0) is 12.0 Å². The van der Waals surface area contributed by atoms with E-state index in [2.05, 4.69) is 67.6 Å². The van der Waals surface area contributed by atoms with Crippen molar-refractivity contribution in [2.75, 3.05) is 6.54 Å². The van der Waals surface area contributed by atoms with E-state index in [1.807, 2.05) is 4.68 Å². The van der Waals surface area contributed by atoms with Crippen LogP contribution in [0.3, 0.4) is 0 Å². The quantitative estimate of drug-likeness (QED) is 0.917. The third-order valence-corrected chi connectivity index (χ3v) is 3.15. The van der Waals surface area contributed by atoms with Crippen LogP contribution in [-0.4, -0.2) is 21.5 Å². The zero-order chi connectivity index (χ0) is 13.9. The smallest absolute Gasteiger partial charge is 0.0783 e. The molecule has 2 rings (SSSR count). The van der Waals surface area contributed by atoms with Crippen LogP contribution in [0.5, 0.6) is 0 Å². The van der Waals surface area contributed by atoms with Gasteiger partial charge in [-0.05, 0) is 29.7 Å². The lowest BCUT2D eigenvalue weighted by molar-refractivity contribution is 0.589.